The van der Waals surface area contributed by atoms with Crippen LogP contribution in [0.2, 0.25) is 0 Å². The van der Waals surface area contributed by atoms with Gasteiger partial charge in [-0.1, -0.05) is 0 Å². The van der Waals surface area contributed by atoms with Gasteiger partial charge >= 0.3 is 0 Å². The highest BCUT2D eigenvalue weighted by Gasteiger charge is 2.17. The van der Waals surface area contributed by atoms with Gasteiger partial charge in [0.15, 0.2) is 0 Å². The highest BCUT2D eigenvalue weighted by molar-refractivity contribution is 5.74. The van der Waals surface area contributed by atoms with Crippen molar-refractivity contribution in [3.8, 4) is 0 Å². The van der Waals surface area contributed by atoms with Crippen LogP contribution in [0.5, 0.6) is 0 Å². The molecule has 1 amide bonds. The molecule has 0 bridgehead atoms. The van der Waals surface area contributed by atoms with Gasteiger partial charge in [-0.2, -0.15) is 0 Å². The van der Waals surface area contributed by atoms with Crippen LogP contribution >= 0.6 is 0 Å². The van der Waals surface area contributed by atoms with Crippen molar-refractivity contribution in [3.63, 3.8) is 0 Å². The van der Waals surface area contributed by atoms with Crippen LogP contribution in [-0.4, -0.2) is 30.0 Å². The lowest BCUT2D eigenvalue weighted by atomic mass is 10.2. The first-order valence-corrected chi connectivity index (χ1v) is 4.48. The van der Waals surface area contributed by atoms with E-state index < -0.39 is 0 Å². The Morgan fingerprint density at radius 2 is 2.42 bits per heavy atom. The summed E-state index contributed by atoms with van der Waals surface area (Å²) in [5, 5.41) is 2.11. The first-order chi connectivity index (χ1) is 5.70. The molecule has 4 nitrogen and oxygen atoms in total. The van der Waals surface area contributed by atoms with Gasteiger partial charge < -0.3 is 5.73 Å². The summed E-state index contributed by atoms with van der Waals surface area (Å²) in [5.41, 5.74) is 8.36. The van der Waals surface area contributed by atoms with E-state index in [0.717, 1.165) is 13.1 Å². The molecule has 70 valence electrons. The third-order valence-corrected chi connectivity index (χ3v) is 2.17. The molecule has 0 aromatic rings. The molecule has 1 aliphatic rings. The van der Waals surface area contributed by atoms with Gasteiger partial charge in [0, 0.05) is 25.6 Å². The van der Waals surface area contributed by atoms with Gasteiger partial charge in [0.2, 0.25) is 5.91 Å². The number of nitrogens with zero attached hydrogens (tertiary/aromatic N) is 1. The van der Waals surface area contributed by atoms with Crippen LogP contribution in [0.1, 0.15) is 26.2 Å². The van der Waals surface area contributed by atoms with E-state index in [9.17, 15) is 4.79 Å². The summed E-state index contributed by atoms with van der Waals surface area (Å²) in [6.07, 6.45) is 2.86. The van der Waals surface area contributed by atoms with Gasteiger partial charge in [-0.05, 0) is 19.8 Å². The Balaban J connectivity index is 2.29. The standard InChI is InChI=1S/C8H17N3O/c1-7(6-8(9)12)11-5-3-2-4-10-11/h7,10H,2-6H2,1H3,(H2,9,12). The Morgan fingerprint density at radius 3 is 2.92 bits per heavy atom. The first kappa shape index (κ1) is 9.48. The number of hydrogen-bond donors (Lipinski definition) is 2. The summed E-state index contributed by atoms with van der Waals surface area (Å²) in [5.74, 6) is -0.227. The Hall–Kier alpha value is -0.610. The Labute approximate surface area is 73.1 Å². The third kappa shape index (κ3) is 2.79. The normalized spacial score (nSPS) is 22.1. The largest absolute Gasteiger partial charge is 0.370 e. The maximum absolute atomic E-state index is 10.6. The molecule has 12 heavy (non-hydrogen) atoms. The van der Waals surface area contributed by atoms with Gasteiger partial charge in [-0.15, -0.1) is 0 Å². The molecule has 1 rings (SSSR count). The highest BCUT2D eigenvalue weighted by atomic mass is 16.1. The molecule has 4 heteroatoms. The number of rotatable bonds is 3. The lowest BCUT2D eigenvalue weighted by Crippen LogP contribution is -2.49. The van der Waals surface area contributed by atoms with Crippen LogP contribution in [0.25, 0.3) is 0 Å². The van der Waals surface area contributed by atoms with Crippen LogP contribution < -0.4 is 11.2 Å². The summed E-state index contributed by atoms with van der Waals surface area (Å²) < 4.78 is 0. The van der Waals surface area contributed by atoms with E-state index in [1.165, 1.54) is 12.8 Å². The minimum atomic E-state index is -0.227. The number of hydrazine groups is 1. The molecule has 1 fully saturated rings. The molecule has 0 spiro atoms. The smallest absolute Gasteiger partial charge is 0.219 e. The zero-order valence-electron chi connectivity index (χ0n) is 7.55. The third-order valence-electron chi connectivity index (χ3n) is 2.17. The van der Waals surface area contributed by atoms with Crippen LogP contribution in [-0.2, 0) is 4.79 Å². The fourth-order valence-electron chi connectivity index (χ4n) is 1.49. The molecule has 1 atom stereocenters. The summed E-state index contributed by atoms with van der Waals surface area (Å²) in [6.45, 7) is 4.06. The molecule has 1 saturated heterocycles. The van der Waals surface area contributed by atoms with Crippen LogP contribution in [0.4, 0.5) is 0 Å². The summed E-state index contributed by atoms with van der Waals surface area (Å²) in [6, 6.07) is 0.225. The molecule has 3 N–H and O–H groups in total. The number of carbonyl (C=O) groups is 1. The summed E-state index contributed by atoms with van der Waals surface area (Å²) >= 11 is 0. The summed E-state index contributed by atoms with van der Waals surface area (Å²) in [4.78, 5) is 10.6. The average molecular weight is 171 g/mol. The van der Waals surface area contributed by atoms with E-state index >= 15 is 0 Å². The molecule has 0 aliphatic carbocycles. The number of carbonyl (C=O) groups excluding carboxylic acids is 1. The van der Waals surface area contributed by atoms with Crippen molar-refractivity contribution in [3.05, 3.63) is 0 Å². The van der Waals surface area contributed by atoms with E-state index in [1.54, 1.807) is 0 Å². The van der Waals surface area contributed by atoms with Crippen molar-refractivity contribution in [1.82, 2.24) is 10.4 Å². The molecule has 1 heterocycles. The molecular formula is C8H17N3O. The molecule has 0 aromatic carbocycles. The van der Waals surface area contributed by atoms with E-state index in [2.05, 4.69) is 10.4 Å². The van der Waals surface area contributed by atoms with Crippen molar-refractivity contribution in [2.45, 2.75) is 32.2 Å². The van der Waals surface area contributed by atoms with Crippen LogP contribution in [0.15, 0.2) is 0 Å². The zero-order chi connectivity index (χ0) is 8.97. The highest BCUT2D eigenvalue weighted by Crippen LogP contribution is 2.06. The monoisotopic (exact) mass is 171 g/mol. The van der Waals surface area contributed by atoms with Crippen molar-refractivity contribution in [2.24, 2.45) is 5.73 Å². The van der Waals surface area contributed by atoms with Crippen LogP contribution in [0.3, 0.4) is 0 Å². The van der Waals surface area contributed by atoms with Gasteiger partial charge in [-0.25, -0.2) is 5.01 Å². The number of amides is 1. The number of nitrogens with one attached hydrogen (secondary N) is 1. The van der Waals surface area contributed by atoms with Gasteiger partial charge in [0.25, 0.3) is 0 Å². The fraction of sp³-hybridized carbons (Fsp3) is 0.875. The second-order valence-electron chi connectivity index (χ2n) is 3.33. The van der Waals surface area contributed by atoms with Crippen molar-refractivity contribution >= 4 is 5.91 Å². The second-order valence-corrected chi connectivity index (χ2v) is 3.33. The van der Waals surface area contributed by atoms with Crippen molar-refractivity contribution in [2.75, 3.05) is 13.1 Å². The van der Waals surface area contributed by atoms with Gasteiger partial charge in [0.05, 0.1) is 0 Å². The lowest BCUT2D eigenvalue weighted by molar-refractivity contribution is -0.119. The lowest BCUT2D eigenvalue weighted by Gasteiger charge is -2.32. The molecule has 0 saturated carbocycles. The van der Waals surface area contributed by atoms with E-state index in [-0.39, 0.29) is 11.9 Å². The molecule has 1 unspecified atom stereocenters. The Morgan fingerprint density at radius 1 is 1.67 bits per heavy atom. The predicted molar refractivity (Wildman–Crippen MR) is 47.2 cm³/mol. The minimum Gasteiger partial charge on any atom is -0.370 e. The maximum atomic E-state index is 10.6. The number of hydrogen-bond acceptors (Lipinski definition) is 3. The summed E-state index contributed by atoms with van der Waals surface area (Å²) in [7, 11) is 0. The second kappa shape index (κ2) is 4.42. The molecule has 0 radical (unpaired) electrons. The quantitative estimate of drug-likeness (QED) is 0.621. The van der Waals surface area contributed by atoms with Gasteiger partial charge in [0.1, 0.15) is 0 Å². The number of nitrogens with two attached hydrogens (primary N) is 1. The predicted octanol–water partition coefficient (Wildman–Crippen LogP) is -0.149. The Kier molecular flexibility index (Phi) is 3.49. The van der Waals surface area contributed by atoms with Crippen molar-refractivity contribution in [1.29, 1.82) is 0 Å². The van der Waals surface area contributed by atoms with Crippen LogP contribution in [0, 0.1) is 0 Å². The van der Waals surface area contributed by atoms with E-state index in [0.29, 0.717) is 6.42 Å². The van der Waals surface area contributed by atoms with Gasteiger partial charge in [-0.3, -0.25) is 10.2 Å². The minimum absolute atomic E-state index is 0.225. The van der Waals surface area contributed by atoms with Crippen molar-refractivity contribution < 1.29 is 4.79 Å². The fourth-order valence-corrected chi connectivity index (χ4v) is 1.49. The number of primary amides is 1. The molecule has 1 aliphatic heterocycles. The average Bonchev–Trinajstić information content (AvgIpc) is 2.05. The molecular weight excluding hydrogens is 154 g/mol. The maximum Gasteiger partial charge on any atom is 0.219 e. The Bertz CT molecular complexity index is 154. The first-order valence-electron chi connectivity index (χ1n) is 4.48. The SMILES string of the molecule is CC(CC(N)=O)N1CCCCN1. The topological polar surface area (TPSA) is 58.4 Å². The zero-order valence-corrected chi connectivity index (χ0v) is 7.55. The van der Waals surface area contributed by atoms with E-state index in [4.69, 9.17) is 5.73 Å². The van der Waals surface area contributed by atoms with E-state index in [1.807, 2.05) is 6.92 Å². The molecule has 0 aromatic heterocycles.